The minimum absolute atomic E-state index is 0.649. The van der Waals surface area contributed by atoms with Gasteiger partial charge >= 0.3 is 0 Å². The first-order valence-electron chi connectivity index (χ1n) is 4.99. The van der Waals surface area contributed by atoms with Crippen LogP contribution in [-0.4, -0.2) is 0 Å². The SMILES string of the molecule is c1ccc2c(c1)CCC21CCC1. The maximum absolute atomic E-state index is 2.35. The molecule has 3 rings (SSSR count). The van der Waals surface area contributed by atoms with E-state index in [1.165, 1.54) is 32.1 Å². The van der Waals surface area contributed by atoms with Crippen molar-refractivity contribution < 1.29 is 0 Å². The molecule has 0 aromatic heterocycles. The highest BCUT2D eigenvalue weighted by atomic mass is 14.5. The van der Waals surface area contributed by atoms with Crippen molar-refractivity contribution in [3.05, 3.63) is 35.4 Å². The third-order valence-corrected chi connectivity index (χ3v) is 3.77. The van der Waals surface area contributed by atoms with Gasteiger partial charge in [-0.25, -0.2) is 0 Å². The average molecular weight is 158 g/mol. The van der Waals surface area contributed by atoms with E-state index < -0.39 is 0 Å². The molecule has 0 N–H and O–H groups in total. The molecule has 0 bridgehead atoms. The molecule has 0 heteroatoms. The Kier molecular flexibility index (Phi) is 1.19. The van der Waals surface area contributed by atoms with Crippen LogP contribution in [-0.2, 0) is 11.8 Å². The van der Waals surface area contributed by atoms with Gasteiger partial charge in [-0.05, 0) is 42.2 Å². The van der Waals surface area contributed by atoms with E-state index in [4.69, 9.17) is 0 Å². The van der Waals surface area contributed by atoms with Gasteiger partial charge in [0.15, 0.2) is 0 Å². The highest BCUT2D eigenvalue weighted by Gasteiger charge is 2.42. The van der Waals surface area contributed by atoms with Gasteiger partial charge < -0.3 is 0 Å². The zero-order valence-electron chi connectivity index (χ0n) is 7.34. The van der Waals surface area contributed by atoms with Crippen LogP contribution in [0.4, 0.5) is 0 Å². The average Bonchev–Trinajstić information content (AvgIpc) is 2.42. The van der Waals surface area contributed by atoms with E-state index >= 15 is 0 Å². The molecule has 2 aliphatic rings. The number of benzene rings is 1. The zero-order valence-corrected chi connectivity index (χ0v) is 7.34. The molecule has 1 spiro atoms. The zero-order chi connectivity index (χ0) is 8.02. The lowest BCUT2D eigenvalue weighted by Crippen LogP contribution is -2.31. The minimum Gasteiger partial charge on any atom is -0.0620 e. The summed E-state index contributed by atoms with van der Waals surface area (Å²) in [6, 6.07) is 9.03. The van der Waals surface area contributed by atoms with Crippen LogP contribution >= 0.6 is 0 Å². The predicted molar refractivity (Wildman–Crippen MR) is 50.3 cm³/mol. The van der Waals surface area contributed by atoms with Gasteiger partial charge in [0.05, 0.1) is 0 Å². The van der Waals surface area contributed by atoms with Crippen molar-refractivity contribution in [1.29, 1.82) is 0 Å². The summed E-state index contributed by atoms with van der Waals surface area (Å²) in [6.45, 7) is 0. The molecule has 0 unspecified atom stereocenters. The summed E-state index contributed by atoms with van der Waals surface area (Å²) in [6.07, 6.45) is 7.10. The molecule has 1 saturated carbocycles. The number of hydrogen-bond donors (Lipinski definition) is 0. The summed E-state index contributed by atoms with van der Waals surface area (Å²) in [4.78, 5) is 0. The number of hydrogen-bond acceptors (Lipinski definition) is 0. The monoisotopic (exact) mass is 158 g/mol. The summed E-state index contributed by atoms with van der Waals surface area (Å²) in [7, 11) is 0. The van der Waals surface area contributed by atoms with E-state index in [1.54, 1.807) is 11.1 Å². The maximum Gasteiger partial charge on any atom is -0.00411 e. The highest BCUT2D eigenvalue weighted by Crippen LogP contribution is 2.52. The van der Waals surface area contributed by atoms with Gasteiger partial charge in [-0.1, -0.05) is 30.7 Å². The van der Waals surface area contributed by atoms with E-state index in [-0.39, 0.29) is 0 Å². The standard InChI is InChI=1S/C12H14/c1-2-5-11-10(4-1)6-9-12(11)7-3-8-12/h1-2,4-5H,3,6-9H2. The second-order valence-corrected chi connectivity index (χ2v) is 4.29. The van der Waals surface area contributed by atoms with Crippen molar-refractivity contribution in [3.8, 4) is 0 Å². The van der Waals surface area contributed by atoms with Crippen LogP contribution in [0.25, 0.3) is 0 Å². The maximum atomic E-state index is 2.35. The van der Waals surface area contributed by atoms with Crippen LogP contribution in [0, 0.1) is 0 Å². The predicted octanol–water partition coefficient (Wildman–Crippen LogP) is 3.05. The lowest BCUT2D eigenvalue weighted by Gasteiger charge is -2.39. The molecule has 0 saturated heterocycles. The topological polar surface area (TPSA) is 0 Å². The minimum atomic E-state index is 0.649. The van der Waals surface area contributed by atoms with E-state index in [2.05, 4.69) is 24.3 Å². The van der Waals surface area contributed by atoms with Crippen LogP contribution < -0.4 is 0 Å². The molecular weight excluding hydrogens is 144 g/mol. The van der Waals surface area contributed by atoms with Gasteiger partial charge in [-0.15, -0.1) is 0 Å². The van der Waals surface area contributed by atoms with Crippen LogP contribution in [0.15, 0.2) is 24.3 Å². The number of aryl methyl sites for hydroxylation is 1. The van der Waals surface area contributed by atoms with Gasteiger partial charge in [-0.3, -0.25) is 0 Å². The fourth-order valence-electron chi connectivity index (χ4n) is 2.89. The molecule has 0 atom stereocenters. The van der Waals surface area contributed by atoms with Crippen molar-refractivity contribution in [2.75, 3.05) is 0 Å². The summed E-state index contributed by atoms with van der Waals surface area (Å²) in [5.41, 5.74) is 3.95. The quantitative estimate of drug-likeness (QED) is 0.544. The summed E-state index contributed by atoms with van der Waals surface area (Å²) in [5.74, 6) is 0. The van der Waals surface area contributed by atoms with Crippen LogP contribution in [0.3, 0.4) is 0 Å². The van der Waals surface area contributed by atoms with Crippen LogP contribution in [0.2, 0.25) is 0 Å². The van der Waals surface area contributed by atoms with E-state index in [0.29, 0.717) is 5.41 Å². The molecule has 2 aliphatic carbocycles. The second-order valence-electron chi connectivity index (χ2n) is 4.29. The van der Waals surface area contributed by atoms with Crippen molar-refractivity contribution in [1.82, 2.24) is 0 Å². The Hall–Kier alpha value is -0.780. The molecule has 1 aromatic carbocycles. The Morgan fingerprint density at radius 1 is 1.00 bits per heavy atom. The summed E-state index contributed by atoms with van der Waals surface area (Å²) < 4.78 is 0. The largest absolute Gasteiger partial charge is 0.0620 e. The van der Waals surface area contributed by atoms with E-state index in [0.717, 1.165) is 0 Å². The fraction of sp³-hybridized carbons (Fsp3) is 0.500. The Labute approximate surface area is 73.6 Å². The van der Waals surface area contributed by atoms with Gasteiger partial charge in [0.1, 0.15) is 0 Å². The van der Waals surface area contributed by atoms with Crippen molar-refractivity contribution >= 4 is 0 Å². The molecule has 0 radical (unpaired) electrons. The Morgan fingerprint density at radius 3 is 2.58 bits per heavy atom. The molecule has 0 aliphatic heterocycles. The summed E-state index contributed by atoms with van der Waals surface area (Å²) >= 11 is 0. The smallest absolute Gasteiger partial charge is 0.00411 e. The number of fused-ring (bicyclic) bond motifs is 2. The molecule has 1 fully saturated rings. The molecule has 0 nitrogen and oxygen atoms in total. The van der Waals surface area contributed by atoms with E-state index in [9.17, 15) is 0 Å². The van der Waals surface area contributed by atoms with Crippen LogP contribution in [0.1, 0.15) is 36.8 Å². The first-order valence-corrected chi connectivity index (χ1v) is 4.99. The lowest BCUT2D eigenvalue weighted by atomic mass is 9.65. The van der Waals surface area contributed by atoms with Crippen LogP contribution in [0.5, 0.6) is 0 Å². The third-order valence-electron chi connectivity index (χ3n) is 3.77. The van der Waals surface area contributed by atoms with Crippen molar-refractivity contribution in [2.45, 2.75) is 37.5 Å². The number of rotatable bonds is 0. The van der Waals surface area contributed by atoms with Gasteiger partial charge in [0.25, 0.3) is 0 Å². The van der Waals surface area contributed by atoms with Gasteiger partial charge in [0, 0.05) is 0 Å². The molecule has 62 valence electrons. The Morgan fingerprint density at radius 2 is 1.83 bits per heavy atom. The Bertz CT molecular complexity index is 308. The first-order chi connectivity index (χ1) is 5.91. The highest BCUT2D eigenvalue weighted by molar-refractivity contribution is 5.40. The van der Waals surface area contributed by atoms with Crippen molar-refractivity contribution in [2.24, 2.45) is 0 Å². The van der Waals surface area contributed by atoms with Gasteiger partial charge in [0.2, 0.25) is 0 Å². The molecule has 1 aromatic rings. The Balaban J connectivity index is 2.13. The fourth-order valence-corrected chi connectivity index (χ4v) is 2.89. The lowest BCUT2D eigenvalue weighted by molar-refractivity contribution is 0.244. The third kappa shape index (κ3) is 0.682. The second kappa shape index (κ2) is 2.12. The first kappa shape index (κ1) is 6.71. The molecule has 0 amide bonds. The van der Waals surface area contributed by atoms with Crippen molar-refractivity contribution in [3.63, 3.8) is 0 Å². The summed E-state index contributed by atoms with van der Waals surface area (Å²) in [5, 5.41) is 0. The normalized spacial score (nSPS) is 23.7. The van der Waals surface area contributed by atoms with Gasteiger partial charge in [-0.2, -0.15) is 0 Å². The van der Waals surface area contributed by atoms with E-state index in [1.807, 2.05) is 0 Å². The molecule has 12 heavy (non-hydrogen) atoms. The molecule has 0 heterocycles. The molecular formula is C12H14.